The van der Waals surface area contributed by atoms with Gasteiger partial charge in [0.2, 0.25) is 0 Å². The number of nitrogens with zero attached hydrogens (tertiary/aromatic N) is 1. The lowest BCUT2D eigenvalue weighted by Crippen LogP contribution is -2.48. The zero-order valence-electron chi connectivity index (χ0n) is 15.3. The van der Waals surface area contributed by atoms with Crippen LogP contribution in [0.15, 0.2) is 10.2 Å². The van der Waals surface area contributed by atoms with Crippen molar-refractivity contribution in [1.82, 2.24) is 9.88 Å². The highest BCUT2D eigenvalue weighted by Gasteiger charge is 2.61. The summed E-state index contributed by atoms with van der Waals surface area (Å²) in [6.07, 6.45) is 3.34. The molecule has 25 heavy (non-hydrogen) atoms. The average molecular weight is 366 g/mol. The Morgan fingerprint density at radius 1 is 1.40 bits per heavy atom. The lowest BCUT2D eigenvalue weighted by atomic mass is 9.69. The van der Waals surface area contributed by atoms with Crippen LogP contribution in [-0.2, 0) is 20.9 Å². The smallest absolute Gasteiger partial charge is 0.326 e. The Balaban J connectivity index is 1.51. The van der Waals surface area contributed by atoms with Gasteiger partial charge in [0.1, 0.15) is 6.54 Å². The number of hydrogen-bond acceptors (Lipinski definition) is 5. The van der Waals surface area contributed by atoms with E-state index in [2.05, 4.69) is 26.1 Å². The molecule has 1 amide bonds. The standard InChI is InChI=1S/C18H26N2O4S/c1-11-10-25-16(23)20(11)8-15(22)24-9-14(21)19-13-7-12-5-6-18(13,4)17(12,2)3/h10,12-13H,5-9H2,1-4H3,(H,19,21)/t12-,13-,18-/m1/s1. The molecule has 1 aromatic rings. The number of thiazole rings is 1. The van der Waals surface area contributed by atoms with Crippen LogP contribution in [0.2, 0.25) is 0 Å². The summed E-state index contributed by atoms with van der Waals surface area (Å²) in [5.41, 5.74) is 1.03. The molecule has 2 fully saturated rings. The van der Waals surface area contributed by atoms with Crippen molar-refractivity contribution in [2.75, 3.05) is 6.61 Å². The van der Waals surface area contributed by atoms with Gasteiger partial charge >= 0.3 is 10.8 Å². The molecule has 0 radical (unpaired) electrons. The van der Waals surface area contributed by atoms with E-state index >= 15 is 0 Å². The normalized spacial score (nSPS) is 29.6. The van der Waals surface area contributed by atoms with Crippen molar-refractivity contribution in [3.63, 3.8) is 0 Å². The van der Waals surface area contributed by atoms with E-state index in [0.29, 0.717) is 11.6 Å². The van der Waals surface area contributed by atoms with Gasteiger partial charge in [-0.15, -0.1) is 0 Å². The Labute approximate surface area is 151 Å². The van der Waals surface area contributed by atoms with Gasteiger partial charge in [-0.05, 0) is 42.9 Å². The topological polar surface area (TPSA) is 77.4 Å². The van der Waals surface area contributed by atoms with Crippen LogP contribution in [0.3, 0.4) is 0 Å². The molecule has 1 heterocycles. The number of rotatable bonds is 5. The second-order valence-electron chi connectivity index (χ2n) is 8.12. The highest BCUT2D eigenvalue weighted by molar-refractivity contribution is 7.07. The highest BCUT2D eigenvalue weighted by Crippen LogP contribution is 2.65. The fraction of sp³-hybridized carbons (Fsp3) is 0.722. The quantitative estimate of drug-likeness (QED) is 0.810. The molecule has 138 valence electrons. The molecular weight excluding hydrogens is 340 g/mol. The largest absolute Gasteiger partial charge is 0.454 e. The molecule has 0 saturated heterocycles. The Hall–Kier alpha value is -1.63. The molecule has 2 bridgehead atoms. The van der Waals surface area contributed by atoms with E-state index < -0.39 is 5.97 Å². The van der Waals surface area contributed by atoms with Gasteiger partial charge < -0.3 is 10.1 Å². The fourth-order valence-electron chi connectivity index (χ4n) is 4.57. The summed E-state index contributed by atoms with van der Waals surface area (Å²) in [6, 6.07) is 0.134. The number of esters is 1. The SMILES string of the molecule is Cc1csc(=O)n1CC(=O)OCC(=O)N[C@@H]1C[C@H]2CC[C@@]1(C)C2(C)C. The summed E-state index contributed by atoms with van der Waals surface area (Å²) in [7, 11) is 0. The molecule has 0 aromatic carbocycles. The van der Waals surface area contributed by atoms with Crippen LogP contribution in [0.4, 0.5) is 0 Å². The minimum Gasteiger partial charge on any atom is -0.454 e. The van der Waals surface area contributed by atoms with E-state index in [1.807, 2.05) is 0 Å². The summed E-state index contributed by atoms with van der Waals surface area (Å²) in [5, 5.41) is 4.76. The van der Waals surface area contributed by atoms with Crippen LogP contribution >= 0.6 is 11.3 Å². The minimum atomic E-state index is -0.571. The second-order valence-corrected chi connectivity index (χ2v) is 8.94. The molecule has 0 unspecified atom stereocenters. The maximum atomic E-state index is 12.2. The first-order valence-electron chi connectivity index (χ1n) is 8.75. The summed E-state index contributed by atoms with van der Waals surface area (Å²) in [6.45, 7) is 8.14. The molecule has 1 N–H and O–H groups in total. The third kappa shape index (κ3) is 3.03. The van der Waals surface area contributed by atoms with E-state index in [-0.39, 0.29) is 40.8 Å². The number of ether oxygens (including phenoxy) is 1. The Bertz CT molecular complexity index is 751. The van der Waals surface area contributed by atoms with Gasteiger partial charge in [0.05, 0.1) is 0 Å². The van der Waals surface area contributed by atoms with E-state index in [4.69, 9.17) is 4.74 Å². The Morgan fingerprint density at radius 3 is 2.64 bits per heavy atom. The Kier molecular flexibility index (Phi) is 4.56. The summed E-state index contributed by atoms with van der Waals surface area (Å²) < 4.78 is 6.41. The van der Waals surface area contributed by atoms with Crippen molar-refractivity contribution >= 4 is 23.2 Å². The molecule has 2 aliphatic rings. The number of carbonyl (C=O) groups is 2. The molecule has 7 heteroatoms. The second kappa shape index (κ2) is 6.27. The molecule has 3 atom stereocenters. The van der Waals surface area contributed by atoms with Crippen LogP contribution in [0.1, 0.15) is 45.7 Å². The first-order chi connectivity index (χ1) is 11.6. The molecule has 6 nitrogen and oxygen atoms in total. The maximum absolute atomic E-state index is 12.2. The zero-order chi connectivity index (χ0) is 18.4. The highest BCUT2D eigenvalue weighted by atomic mass is 32.1. The van der Waals surface area contributed by atoms with Crippen LogP contribution in [-0.4, -0.2) is 29.1 Å². The summed E-state index contributed by atoms with van der Waals surface area (Å²) >= 11 is 1.05. The number of carbonyl (C=O) groups excluding carboxylic acids is 2. The molecule has 3 rings (SSSR count). The lowest BCUT2D eigenvalue weighted by molar-refractivity contribution is -0.149. The van der Waals surface area contributed by atoms with Crippen LogP contribution < -0.4 is 10.2 Å². The van der Waals surface area contributed by atoms with Crippen LogP contribution in [0.25, 0.3) is 0 Å². The van der Waals surface area contributed by atoms with Gasteiger partial charge in [-0.3, -0.25) is 19.0 Å². The number of hydrogen-bond donors (Lipinski definition) is 1. The fourth-order valence-corrected chi connectivity index (χ4v) is 5.31. The minimum absolute atomic E-state index is 0.0957. The van der Waals surface area contributed by atoms with Crippen molar-refractivity contribution in [2.45, 2.75) is 59.5 Å². The molecule has 0 spiro atoms. The van der Waals surface area contributed by atoms with Crippen LogP contribution in [0.5, 0.6) is 0 Å². The molecule has 2 saturated carbocycles. The van der Waals surface area contributed by atoms with Crippen molar-refractivity contribution in [3.05, 3.63) is 20.7 Å². The van der Waals surface area contributed by atoms with E-state index in [9.17, 15) is 14.4 Å². The van der Waals surface area contributed by atoms with E-state index in [0.717, 1.165) is 24.2 Å². The molecule has 1 aromatic heterocycles. The van der Waals surface area contributed by atoms with Gasteiger partial charge in [0.15, 0.2) is 6.61 Å². The van der Waals surface area contributed by atoms with Crippen LogP contribution in [0, 0.1) is 23.7 Å². The monoisotopic (exact) mass is 366 g/mol. The van der Waals surface area contributed by atoms with Gasteiger partial charge in [-0.25, -0.2) is 0 Å². The molecule has 2 aliphatic carbocycles. The number of fused-ring (bicyclic) bond motifs is 2. The predicted octanol–water partition coefficient (Wildman–Crippen LogP) is 2.09. The third-order valence-electron chi connectivity index (χ3n) is 6.76. The number of aromatic nitrogens is 1. The number of nitrogens with one attached hydrogen (secondary N) is 1. The Morgan fingerprint density at radius 2 is 2.12 bits per heavy atom. The number of aryl methyl sites for hydroxylation is 1. The van der Waals surface area contributed by atoms with Crippen molar-refractivity contribution in [3.8, 4) is 0 Å². The molecule has 0 aliphatic heterocycles. The lowest BCUT2D eigenvalue weighted by Gasteiger charge is -2.39. The first kappa shape index (κ1) is 18.2. The first-order valence-corrected chi connectivity index (χ1v) is 9.63. The van der Waals surface area contributed by atoms with Crippen molar-refractivity contribution in [2.24, 2.45) is 16.7 Å². The van der Waals surface area contributed by atoms with Crippen molar-refractivity contribution < 1.29 is 14.3 Å². The van der Waals surface area contributed by atoms with Gasteiger partial charge in [-0.1, -0.05) is 32.1 Å². The van der Waals surface area contributed by atoms with Gasteiger partial charge in [-0.2, -0.15) is 0 Å². The zero-order valence-corrected chi connectivity index (χ0v) is 16.1. The van der Waals surface area contributed by atoms with Gasteiger partial charge in [0, 0.05) is 17.1 Å². The third-order valence-corrected chi connectivity index (χ3v) is 7.64. The summed E-state index contributed by atoms with van der Waals surface area (Å²) in [5.74, 6) is -0.200. The average Bonchev–Trinajstić information content (AvgIpc) is 3.04. The predicted molar refractivity (Wildman–Crippen MR) is 95.4 cm³/mol. The van der Waals surface area contributed by atoms with E-state index in [1.54, 1.807) is 12.3 Å². The van der Waals surface area contributed by atoms with Gasteiger partial charge in [0.25, 0.3) is 5.91 Å². The maximum Gasteiger partial charge on any atom is 0.326 e. The van der Waals surface area contributed by atoms with E-state index in [1.165, 1.54) is 11.0 Å². The number of amides is 1. The van der Waals surface area contributed by atoms with Crippen molar-refractivity contribution in [1.29, 1.82) is 0 Å². The summed E-state index contributed by atoms with van der Waals surface area (Å²) in [4.78, 5) is 35.5. The molecular formula is C18H26N2O4S.